The van der Waals surface area contributed by atoms with Gasteiger partial charge in [-0.15, -0.1) is 0 Å². The maximum Gasteiger partial charge on any atom is 0.128 e. The topological polar surface area (TPSA) is 29.5 Å². The minimum atomic E-state index is -0.358. The van der Waals surface area contributed by atoms with Crippen molar-refractivity contribution in [2.45, 2.75) is 20.1 Å². The predicted molar refractivity (Wildman–Crippen MR) is 80.5 cm³/mol. The molecule has 0 amide bonds. The molecular formula is C15H13BrClFO2. The van der Waals surface area contributed by atoms with E-state index in [1.54, 1.807) is 6.07 Å². The van der Waals surface area contributed by atoms with Crippen LogP contribution in [-0.2, 0) is 13.2 Å². The summed E-state index contributed by atoms with van der Waals surface area (Å²) in [5.41, 5.74) is 2.12. The summed E-state index contributed by atoms with van der Waals surface area (Å²) in [5, 5.41) is 9.83. The highest BCUT2D eigenvalue weighted by atomic mass is 79.9. The first kappa shape index (κ1) is 15.3. The Morgan fingerprint density at radius 3 is 2.70 bits per heavy atom. The van der Waals surface area contributed by atoms with Crippen LogP contribution in [0.3, 0.4) is 0 Å². The SMILES string of the molecule is Cc1cc(Br)cc(CO)c1OCc1cc(F)ccc1Cl. The number of benzene rings is 2. The molecule has 0 unspecified atom stereocenters. The summed E-state index contributed by atoms with van der Waals surface area (Å²) >= 11 is 9.37. The number of aliphatic hydroxyl groups is 1. The third kappa shape index (κ3) is 3.51. The van der Waals surface area contributed by atoms with Gasteiger partial charge in [-0.2, -0.15) is 0 Å². The molecule has 0 aromatic heterocycles. The zero-order valence-corrected chi connectivity index (χ0v) is 13.1. The molecule has 0 saturated carbocycles. The van der Waals surface area contributed by atoms with Crippen molar-refractivity contribution in [2.24, 2.45) is 0 Å². The molecule has 106 valence electrons. The summed E-state index contributed by atoms with van der Waals surface area (Å²) < 4.78 is 19.8. The lowest BCUT2D eigenvalue weighted by molar-refractivity contribution is 0.257. The van der Waals surface area contributed by atoms with E-state index in [4.69, 9.17) is 16.3 Å². The fourth-order valence-electron chi connectivity index (χ4n) is 1.93. The van der Waals surface area contributed by atoms with Crippen molar-refractivity contribution < 1.29 is 14.2 Å². The summed E-state index contributed by atoms with van der Waals surface area (Å²) in [6, 6.07) is 7.82. The Labute approximate surface area is 130 Å². The fourth-order valence-corrected chi connectivity index (χ4v) is 2.72. The van der Waals surface area contributed by atoms with Gasteiger partial charge in [0.2, 0.25) is 0 Å². The van der Waals surface area contributed by atoms with Crippen molar-refractivity contribution in [1.29, 1.82) is 0 Å². The summed E-state index contributed by atoms with van der Waals surface area (Å²) in [7, 11) is 0. The van der Waals surface area contributed by atoms with Crippen LogP contribution in [0.4, 0.5) is 4.39 Å². The Balaban J connectivity index is 2.25. The maximum absolute atomic E-state index is 13.2. The molecule has 2 aromatic carbocycles. The zero-order valence-electron chi connectivity index (χ0n) is 10.8. The highest BCUT2D eigenvalue weighted by molar-refractivity contribution is 9.10. The van der Waals surface area contributed by atoms with Gasteiger partial charge >= 0.3 is 0 Å². The van der Waals surface area contributed by atoms with Gasteiger partial charge in [-0.3, -0.25) is 0 Å². The van der Waals surface area contributed by atoms with Crippen LogP contribution in [0, 0.1) is 12.7 Å². The van der Waals surface area contributed by atoms with Gasteiger partial charge in [0.25, 0.3) is 0 Å². The van der Waals surface area contributed by atoms with Crippen molar-refractivity contribution in [1.82, 2.24) is 0 Å². The number of ether oxygens (including phenoxy) is 1. The molecule has 1 N–H and O–H groups in total. The number of hydrogen-bond acceptors (Lipinski definition) is 2. The number of halogens is 3. The second-order valence-corrected chi connectivity index (χ2v) is 5.72. The maximum atomic E-state index is 13.2. The van der Waals surface area contributed by atoms with Gasteiger partial charge in [-0.05, 0) is 42.8 Å². The van der Waals surface area contributed by atoms with Gasteiger partial charge in [0.05, 0.1) is 6.61 Å². The monoisotopic (exact) mass is 358 g/mol. The van der Waals surface area contributed by atoms with Crippen molar-refractivity contribution in [3.63, 3.8) is 0 Å². The summed E-state index contributed by atoms with van der Waals surface area (Å²) in [4.78, 5) is 0. The molecule has 2 rings (SSSR count). The second-order valence-electron chi connectivity index (χ2n) is 4.39. The third-order valence-electron chi connectivity index (χ3n) is 2.87. The van der Waals surface area contributed by atoms with E-state index in [1.165, 1.54) is 18.2 Å². The molecule has 0 aliphatic heterocycles. The quantitative estimate of drug-likeness (QED) is 0.863. The van der Waals surface area contributed by atoms with E-state index in [0.717, 1.165) is 10.0 Å². The van der Waals surface area contributed by atoms with Crippen LogP contribution in [0.15, 0.2) is 34.8 Å². The molecule has 2 nitrogen and oxygen atoms in total. The average molecular weight is 360 g/mol. The molecule has 5 heteroatoms. The molecule has 0 saturated heterocycles. The predicted octanol–water partition coefficient (Wildman–Crippen LogP) is 4.62. The minimum absolute atomic E-state index is 0.132. The van der Waals surface area contributed by atoms with Gasteiger partial charge in [0.1, 0.15) is 18.2 Å². The van der Waals surface area contributed by atoms with Crippen molar-refractivity contribution in [3.05, 3.63) is 62.3 Å². The van der Waals surface area contributed by atoms with Gasteiger partial charge < -0.3 is 9.84 Å². The van der Waals surface area contributed by atoms with E-state index in [-0.39, 0.29) is 19.0 Å². The van der Waals surface area contributed by atoms with Crippen LogP contribution in [0.1, 0.15) is 16.7 Å². The first-order valence-electron chi connectivity index (χ1n) is 5.98. The Hall–Kier alpha value is -1.10. The molecule has 0 radical (unpaired) electrons. The molecule has 0 aliphatic rings. The molecule has 0 fully saturated rings. The van der Waals surface area contributed by atoms with Gasteiger partial charge in [0.15, 0.2) is 0 Å². The highest BCUT2D eigenvalue weighted by Gasteiger charge is 2.10. The van der Waals surface area contributed by atoms with Crippen molar-refractivity contribution in [3.8, 4) is 5.75 Å². The smallest absolute Gasteiger partial charge is 0.128 e. The van der Waals surface area contributed by atoms with E-state index in [0.29, 0.717) is 21.9 Å². The third-order valence-corrected chi connectivity index (χ3v) is 3.69. The molecule has 0 spiro atoms. The van der Waals surface area contributed by atoms with Crippen molar-refractivity contribution >= 4 is 27.5 Å². The van der Waals surface area contributed by atoms with Crippen LogP contribution >= 0.6 is 27.5 Å². The Morgan fingerprint density at radius 1 is 1.25 bits per heavy atom. The molecule has 0 heterocycles. The fraction of sp³-hybridized carbons (Fsp3) is 0.200. The minimum Gasteiger partial charge on any atom is -0.488 e. The van der Waals surface area contributed by atoms with E-state index in [9.17, 15) is 9.50 Å². The first-order chi connectivity index (χ1) is 9.51. The molecule has 0 aliphatic carbocycles. The van der Waals surface area contributed by atoms with Gasteiger partial charge in [0, 0.05) is 20.6 Å². The molecule has 20 heavy (non-hydrogen) atoms. The summed E-state index contributed by atoms with van der Waals surface area (Å²) in [5.74, 6) is 0.235. The second kappa shape index (κ2) is 6.57. The Kier molecular flexibility index (Phi) is 5.02. The number of aliphatic hydroxyl groups excluding tert-OH is 1. The highest BCUT2D eigenvalue weighted by Crippen LogP contribution is 2.29. The first-order valence-corrected chi connectivity index (χ1v) is 7.15. The van der Waals surface area contributed by atoms with Gasteiger partial charge in [-0.1, -0.05) is 27.5 Å². The molecular weight excluding hydrogens is 347 g/mol. The Morgan fingerprint density at radius 2 is 2.00 bits per heavy atom. The van der Waals surface area contributed by atoms with E-state index in [1.807, 2.05) is 13.0 Å². The number of aryl methyl sites for hydroxylation is 1. The lowest BCUT2D eigenvalue weighted by Crippen LogP contribution is -2.02. The summed E-state index contributed by atoms with van der Waals surface area (Å²) in [6.07, 6.45) is 0. The Bertz CT molecular complexity index is 632. The van der Waals surface area contributed by atoms with Crippen molar-refractivity contribution in [2.75, 3.05) is 0 Å². The lowest BCUT2D eigenvalue weighted by Gasteiger charge is -2.14. The van der Waals surface area contributed by atoms with Crippen LogP contribution in [-0.4, -0.2) is 5.11 Å². The van der Waals surface area contributed by atoms with E-state index in [2.05, 4.69) is 15.9 Å². The molecule has 0 bridgehead atoms. The standard InChI is InChI=1S/C15H13BrClFO2/c1-9-4-12(16)5-10(7-19)15(9)20-8-11-6-13(18)2-3-14(11)17/h2-6,19H,7-8H2,1H3. The van der Waals surface area contributed by atoms with Crippen LogP contribution < -0.4 is 4.74 Å². The average Bonchev–Trinajstić information content (AvgIpc) is 2.40. The van der Waals surface area contributed by atoms with E-state index >= 15 is 0 Å². The van der Waals surface area contributed by atoms with Crippen LogP contribution in [0.5, 0.6) is 5.75 Å². The number of rotatable bonds is 4. The number of hydrogen-bond donors (Lipinski definition) is 1. The largest absolute Gasteiger partial charge is 0.488 e. The van der Waals surface area contributed by atoms with Gasteiger partial charge in [-0.25, -0.2) is 4.39 Å². The summed E-state index contributed by atoms with van der Waals surface area (Å²) in [6.45, 7) is 1.89. The molecule has 0 atom stereocenters. The van der Waals surface area contributed by atoms with Crippen LogP contribution in [0.2, 0.25) is 5.02 Å². The van der Waals surface area contributed by atoms with E-state index < -0.39 is 0 Å². The normalized spacial score (nSPS) is 10.7. The lowest BCUT2D eigenvalue weighted by atomic mass is 10.1. The van der Waals surface area contributed by atoms with Crippen LogP contribution in [0.25, 0.3) is 0 Å². The molecule has 2 aromatic rings. The zero-order chi connectivity index (χ0) is 14.7.